The lowest BCUT2D eigenvalue weighted by Gasteiger charge is -2.58. The van der Waals surface area contributed by atoms with Gasteiger partial charge in [0, 0.05) is 0 Å². The molecule has 0 radical (unpaired) electrons. The third-order valence-electron chi connectivity index (χ3n) is 10.3. The summed E-state index contributed by atoms with van der Waals surface area (Å²) >= 11 is 0. The van der Waals surface area contributed by atoms with Gasteiger partial charge in [-0.25, -0.2) is 0 Å². The zero-order valence-electron chi connectivity index (χ0n) is 19.7. The van der Waals surface area contributed by atoms with Crippen molar-refractivity contribution in [1.82, 2.24) is 0 Å². The van der Waals surface area contributed by atoms with E-state index in [1.165, 1.54) is 44.9 Å². The minimum absolute atomic E-state index is 0.0969. The number of allylic oxidation sites excluding steroid dienone is 1. The molecule has 0 bridgehead atoms. The lowest BCUT2D eigenvalue weighted by atomic mass is 9.47. The molecule has 0 saturated heterocycles. The molecule has 4 rings (SSSR count). The van der Waals surface area contributed by atoms with Gasteiger partial charge in [-0.05, 0) is 112 Å². The monoisotopic (exact) mass is 402 g/mol. The summed E-state index contributed by atoms with van der Waals surface area (Å²) in [5.41, 5.74) is 1.95. The van der Waals surface area contributed by atoms with Crippen LogP contribution in [-0.2, 0) is 0 Å². The molecule has 0 spiro atoms. The standard InChI is InChI=1S/C27H46O2/c1-18(7-6-14-25(2,3)29)22-10-11-23-21-9-8-19-17-20(28)12-15-26(19,4)24(21)13-16-27(22,23)5/h8,18,20-24,28-29H,6-7,9-17H2,1-5H3/t18-,20+,21+,22-,23?,24?,26+,27-/m1/s1. The van der Waals surface area contributed by atoms with Crippen molar-refractivity contribution in [3.05, 3.63) is 11.6 Å². The van der Waals surface area contributed by atoms with Gasteiger partial charge in [-0.3, -0.25) is 0 Å². The Morgan fingerprint density at radius 2 is 1.86 bits per heavy atom. The molecule has 2 heteroatoms. The molecular weight excluding hydrogens is 356 g/mol. The van der Waals surface area contributed by atoms with E-state index in [0.29, 0.717) is 10.8 Å². The van der Waals surface area contributed by atoms with E-state index < -0.39 is 5.60 Å². The highest BCUT2D eigenvalue weighted by molar-refractivity contribution is 5.25. The lowest BCUT2D eigenvalue weighted by molar-refractivity contribution is -0.0575. The Morgan fingerprint density at radius 1 is 1.10 bits per heavy atom. The van der Waals surface area contributed by atoms with Gasteiger partial charge in [0.15, 0.2) is 0 Å². The summed E-state index contributed by atoms with van der Waals surface area (Å²) in [6.45, 7) is 11.6. The van der Waals surface area contributed by atoms with Crippen LogP contribution in [-0.4, -0.2) is 21.9 Å². The lowest BCUT2D eigenvalue weighted by Crippen LogP contribution is -2.50. The summed E-state index contributed by atoms with van der Waals surface area (Å²) in [7, 11) is 0. The molecule has 0 aromatic heterocycles. The molecule has 0 amide bonds. The first kappa shape index (κ1) is 21.9. The highest BCUT2D eigenvalue weighted by Gasteiger charge is 2.59. The smallest absolute Gasteiger partial charge is 0.0591 e. The second-order valence-electron chi connectivity index (χ2n) is 12.6. The summed E-state index contributed by atoms with van der Waals surface area (Å²) < 4.78 is 0. The van der Waals surface area contributed by atoms with Crippen LogP contribution in [0.5, 0.6) is 0 Å². The topological polar surface area (TPSA) is 40.5 Å². The maximum Gasteiger partial charge on any atom is 0.0591 e. The van der Waals surface area contributed by atoms with Gasteiger partial charge in [-0.2, -0.15) is 0 Å². The van der Waals surface area contributed by atoms with E-state index in [0.717, 1.165) is 55.3 Å². The van der Waals surface area contributed by atoms with Gasteiger partial charge in [0.2, 0.25) is 0 Å². The Kier molecular flexibility index (Phi) is 5.78. The maximum atomic E-state index is 10.2. The van der Waals surface area contributed by atoms with E-state index in [1.807, 2.05) is 13.8 Å². The van der Waals surface area contributed by atoms with Crippen molar-refractivity contribution in [3.63, 3.8) is 0 Å². The molecule has 2 unspecified atom stereocenters. The molecule has 29 heavy (non-hydrogen) atoms. The Bertz CT molecular complexity index is 631. The average molecular weight is 403 g/mol. The Labute approximate surface area is 179 Å². The van der Waals surface area contributed by atoms with E-state index in [2.05, 4.69) is 26.8 Å². The number of hydrogen-bond acceptors (Lipinski definition) is 2. The van der Waals surface area contributed by atoms with Crippen molar-refractivity contribution in [1.29, 1.82) is 0 Å². The molecule has 166 valence electrons. The van der Waals surface area contributed by atoms with E-state index in [1.54, 1.807) is 5.57 Å². The van der Waals surface area contributed by atoms with Crippen molar-refractivity contribution < 1.29 is 10.2 Å². The predicted molar refractivity (Wildman–Crippen MR) is 121 cm³/mol. The SMILES string of the molecule is C[C@H](CCCC(C)(C)O)[C@H]1CCC2[C@@H]3CC=C4C[C@@H](O)CC[C@]4(C)C3CC[C@@]21C. The first-order valence-electron chi connectivity index (χ1n) is 12.6. The summed E-state index contributed by atoms with van der Waals surface area (Å²) in [5, 5.41) is 20.3. The number of fused-ring (bicyclic) bond motifs is 5. The van der Waals surface area contributed by atoms with Crippen LogP contribution in [0.3, 0.4) is 0 Å². The summed E-state index contributed by atoms with van der Waals surface area (Å²) in [6.07, 6.45) is 15.9. The summed E-state index contributed by atoms with van der Waals surface area (Å²) in [5.74, 6) is 4.24. The molecule has 3 fully saturated rings. The fourth-order valence-corrected chi connectivity index (χ4v) is 8.67. The molecule has 0 aromatic rings. The van der Waals surface area contributed by atoms with Crippen LogP contribution in [0, 0.1) is 40.4 Å². The maximum absolute atomic E-state index is 10.2. The summed E-state index contributed by atoms with van der Waals surface area (Å²) in [4.78, 5) is 0. The number of aliphatic hydroxyl groups is 2. The zero-order chi connectivity index (χ0) is 21.0. The Hall–Kier alpha value is -0.340. The normalized spacial score (nSPS) is 45.8. The third-order valence-corrected chi connectivity index (χ3v) is 10.3. The van der Waals surface area contributed by atoms with Crippen LogP contribution in [0.2, 0.25) is 0 Å². The Balaban J connectivity index is 1.47. The second-order valence-corrected chi connectivity index (χ2v) is 12.6. The highest BCUT2D eigenvalue weighted by Crippen LogP contribution is 2.67. The molecule has 3 saturated carbocycles. The zero-order valence-corrected chi connectivity index (χ0v) is 19.7. The third kappa shape index (κ3) is 3.86. The average Bonchev–Trinajstić information content (AvgIpc) is 2.98. The number of aliphatic hydroxyl groups excluding tert-OH is 1. The molecule has 2 nitrogen and oxygen atoms in total. The van der Waals surface area contributed by atoms with Gasteiger partial charge in [-0.15, -0.1) is 0 Å². The fourth-order valence-electron chi connectivity index (χ4n) is 8.67. The van der Waals surface area contributed by atoms with E-state index >= 15 is 0 Å². The molecule has 0 aliphatic heterocycles. The van der Waals surface area contributed by atoms with Crippen molar-refractivity contribution in [2.75, 3.05) is 0 Å². The van der Waals surface area contributed by atoms with Gasteiger partial charge in [0.05, 0.1) is 11.7 Å². The molecule has 0 heterocycles. The second kappa shape index (κ2) is 7.66. The molecule has 8 atom stereocenters. The fraction of sp³-hybridized carbons (Fsp3) is 0.926. The van der Waals surface area contributed by atoms with Crippen LogP contribution >= 0.6 is 0 Å². The van der Waals surface area contributed by atoms with E-state index in [9.17, 15) is 10.2 Å². The molecule has 2 N–H and O–H groups in total. The largest absolute Gasteiger partial charge is 0.393 e. The first-order valence-corrected chi connectivity index (χ1v) is 12.6. The number of hydrogen-bond donors (Lipinski definition) is 2. The molecular formula is C27H46O2. The van der Waals surface area contributed by atoms with Gasteiger partial charge in [0.1, 0.15) is 0 Å². The quantitative estimate of drug-likeness (QED) is 0.515. The molecule has 0 aromatic carbocycles. The van der Waals surface area contributed by atoms with E-state index in [-0.39, 0.29) is 6.10 Å². The van der Waals surface area contributed by atoms with Gasteiger partial charge in [-0.1, -0.05) is 45.3 Å². The Morgan fingerprint density at radius 3 is 2.59 bits per heavy atom. The minimum atomic E-state index is -0.519. The minimum Gasteiger partial charge on any atom is -0.393 e. The van der Waals surface area contributed by atoms with Crippen molar-refractivity contribution in [3.8, 4) is 0 Å². The van der Waals surface area contributed by atoms with Crippen molar-refractivity contribution in [2.24, 2.45) is 40.4 Å². The first-order chi connectivity index (χ1) is 13.5. The van der Waals surface area contributed by atoms with Crippen LogP contribution in [0.25, 0.3) is 0 Å². The van der Waals surface area contributed by atoms with Gasteiger partial charge >= 0.3 is 0 Å². The van der Waals surface area contributed by atoms with Crippen LogP contribution in [0.1, 0.15) is 105 Å². The van der Waals surface area contributed by atoms with E-state index in [4.69, 9.17) is 0 Å². The highest BCUT2D eigenvalue weighted by atomic mass is 16.3. The van der Waals surface area contributed by atoms with Crippen molar-refractivity contribution in [2.45, 2.75) is 117 Å². The van der Waals surface area contributed by atoms with Gasteiger partial charge in [0.25, 0.3) is 0 Å². The van der Waals surface area contributed by atoms with Crippen LogP contribution in [0.4, 0.5) is 0 Å². The predicted octanol–water partition coefficient (Wildman–Crippen LogP) is 6.50. The summed E-state index contributed by atoms with van der Waals surface area (Å²) in [6, 6.07) is 0. The molecule has 4 aliphatic carbocycles. The molecule has 4 aliphatic rings. The van der Waals surface area contributed by atoms with Crippen molar-refractivity contribution >= 4 is 0 Å². The van der Waals surface area contributed by atoms with Crippen LogP contribution in [0.15, 0.2) is 11.6 Å². The van der Waals surface area contributed by atoms with Crippen LogP contribution < -0.4 is 0 Å². The number of rotatable bonds is 5. The van der Waals surface area contributed by atoms with Gasteiger partial charge < -0.3 is 10.2 Å².